The molecular formula is C46H47N4O3+. The Bertz CT molecular complexity index is 2630. The van der Waals surface area contributed by atoms with E-state index in [1.165, 1.54) is 55.5 Å². The third-order valence-electron chi connectivity index (χ3n) is 11.7. The summed E-state index contributed by atoms with van der Waals surface area (Å²) in [6.45, 7) is 15.1. The van der Waals surface area contributed by atoms with E-state index in [0.29, 0.717) is 5.57 Å². The van der Waals surface area contributed by atoms with Crippen LogP contribution in [0.25, 0.3) is 27.1 Å². The number of benzene rings is 4. The van der Waals surface area contributed by atoms with Gasteiger partial charge in [-0.05, 0) is 109 Å². The van der Waals surface area contributed by atoms with Crippen LogP contribution in [0.15, 0.2) is 124 Å². The van der Waals surface area contributed by atoms with E-state index >= 15 is 0 Å². The molecule has 0 atom stereocenters. The Hall–Kier alpha value is -5.69. The molecule has 8 rings (SSSR count). The lowest BCUT2D eigenvalue weighted by Crippen LogP contribution is -2.28. The van der Waals surface area contributed by atoms with E-state index in [1.807, 2.05) is 0 Å². The molecule has 7 heteroatoms. The van der Waals surface area contributed by atoms with Crippen molar-refractivity contribution in [3.63, 3.8) is 0 Å². The number of likely N-dealkylation sites (N-methyl/N-ethyl adjacent to an activating group) is 1. The Balaban J connectivity index is 1.29. The summed E-state index contributed by atoms with van der Waals surface area (Å²) in [5.41, 5.74) is 8.14. The van der Waals surface area contributed by atoms with Crippen LogP contribution >= 0.6 is 0 Å². The zero-order chi connectivity index (χ0) is 37.2. The zero-order valence-corrected chi connectivity index (χ0v) is 31.4. The van der Waals surface area contributed by atoms with E-state index in [2.05, 4.69) is 158 Å². The minimum Gasteiger partial charge on any atom is -0.494 e. The van der Waals surface area contributed by atoms with Gasteiger partial charge < -0.3 is 10.0 Å². The van der Waals surface area contributed by atoms with Gasteiger partial charge in [0, 0.05) is 41.1 Å². The summed E-state index contributed by atoms with van der Waals surface area (Å²) < 4.78 is 2.38. The van der Waals surface area contributed by atoms with Crippen molar-refractivity contribution in [2.24, 2.45) is 0 Å². The number of hydrogen-bond donors (Lipinski definition) is 3. The highest BCUT2D eigenvalue weighted by molar-refractivity contribution is 6.08. The molecule has 0 saturated carbocycles. The highest BCUT2D eigenvalue weighted by Crippen LogP contribution is 2.51. The third-order valence-corrected chi connectivity index (χ3v) is 11.7. The van der Waals surface area contributed by atoms with E-state index < -0.39 is 17.1 Å². The number of allylic oxidation sites excluding steroid dienone is 8. The number of rotatable bonds is 6. The van der Waals surface area contributed by atoms with Crippen molar-refractivity contribution in [2.75, 3.05) is 18.0 Å². The number of hydrogen-bond acceptors (Lipinski definition) is 4. The van der Waals surface area contributed by atoms with Gasteiger partial charge >= 0.3 is 5.69 Å². The molecule has 0 unspecified atom stereocenters. The van der Waals surface area contributed by atoms with Gasteiger partial charge in [0.15, 0.2) is 5.71 Å². The van der Waals surface area contributed by atoms with Gasteiger partial charge in [0.05, 0.1) is 5.41 Å². The predicted octanol–water partition coefficient (Wildman–Crippen LogP) is 9.29. The fourth-order valence-electron chi connectivity index (χ4n) is 9.40. The monoisotopic (exact) mass is 703 g/mol. The fraction of sp³-hybridized carbons (Fsp3) is 0.283. The van der Waals surface area contributed by atoms with Gasteiger partial charge in [0.2, 0.25) is 11.6 Å². The van der Waals surface area contributed by atoms with Gasteiger partial charge in [-0.2, -0.15) is 4.58 Å². The molecule has 0 amide bonds. The molecule has 1 aliphatic carbocycles. The van der Waals surface area contributed by atoms with Crippen LogP contribution < -0.4 is 16.1 Å². The summed E-state index contributed by atoms with van der Waals surface area (Å²) in [6.07, 6.45) is 11.0. The number of aromatic hydroxyl groups is 1. The van der Waals surface area contributed by atoms with Crippen LogP contribution in [-0.4, -0.2) is 38.5 Å². The van der Waals surface area contributed by atoms with Crippen molar-refractivity contribution in [3.05, 3.63) is 151 Å². The minimum absolute atomic E-state index is 0.0956. The maximum Gasteiger partial charge on any atom is 0.328 e. The Morgan fingerprint density at radius 3 is 2.15 bits per heavy atom. The van der Waals surface area contributed by atoms with Gasteiger partial charge in [0.1, 0.15) is 12.1 Å². The van der Waals surface area contributed by atoms with Gasteiger partial charge in [-0.1, -0.05) is 80.6 Å². The number of nitrogens with one attached hydrogen (secondary N) is 2. The molecule has 0 saturated heterocycles. The number of fused-ring (bicyclic) bond motifs is 6. The number of anilines is 1. The Kier molecular flexibility index (Phi) is 8.28. The predicted molar refractivity (Wildman–Crippen MR) is 218 cm³/mol. The minimum atomic E-state index is -0.736. The number of H-pyrrole nitrogens is 2. The highest BCUT2D eigenvalue weighted by atomic mass is 16.3. The summed E-state index contributed by atoms with van der Waals surface area (Å²) in [5.74, 6) is -0.418. The maximum absolute atomic E-state index is 13.6. The van der Waals surface area contributed by atoms with Gasteiger partial charge in [0.25, 0.3) is 5.56 Å². The number of nitrogens with zero attached hydrogens (tertiary/aromatic N) is 2. The quantitative estimate of drug-likeness (QED) is 0.154. The SMILES string of the molecule is CCN1/C(=C/C=C2\CCCC(/C=C/C3=[N+](CC)c4ccc5ccccc5c4C3(C)C)=C2c2c(O)[nH]c(=O)[nH]c2=O)C(C)(C)c2c1ccc1ccccc21. The van der Waals surface area contributed by atoms with Gasteiger partial charge in [-0.25, -0.2) is 4.79 Å². The van der Waals surface area contributed by atoms with Crippen molar-refractivity contribution in [1.29, 1.82) is 0 Å². The molecule has 2 aliphatic heterocycles. The summed E-state index contributed by atoms with van der Waals surface area (Å²) in [7, 11) is 0. The first-order chi connectivity index (χ1) is 25.5. The van der Waals surface area contributed by atoms with Crippen molar-refractivity contribution in [2.45, 2.75) is 71.6 Å². The summed E-state index contributed by atoms with van der Waals surface area (Å²) in [5, 5.41) is 16.1. The van der Waals surface area contributed by atoms with Crippen molar-refractivity contribution >= 4 is 44.2 Å². The maximum atomic E-state index is 13.6. The summed E-state index contributed by atoms with van der Waals surface area (Å²) in [4.78, 5) is 33.0. The Morgan fingerprint density at radius 2 is 1.47 bits per heavy atom. The average molecular weight is 704 g/mol. The molecule has 0 bridgehead atoms. The van der Waals surface area contributed by atoms with Gasteiger partial charge in [-0.3, -0.25) is 14.8 Å². The number of aromatic nitrogens is 2. The molecule has 0 fully saturated rings. The standard InChI is InChI=1S/C46H46N4O3/c1-7-49-34-24-20-28-14-9-11-18-32(28)40(34)45(3,4)36(49)26-22-30-16-13-17-31(38(30)39-42(51)47-44(53)48-43(39)52)23-27-37-46(5,6)41-33-19-12-10-15-29(33)21-25-35(41)50(37)8-2/h9-12,14-15,18-27H,7-8,13,16-17H2,1-6H3,(H2,47,48,51,52,53)/p+1/b30-22+,36-26+. The van der Waals surface area contributed by atoms with Crippen LogP contribution in [0, 0.1) is 0 Å². The second-order valence-corrected chi connectivity index (χ2v) is 15.4. The van der Waals surface area contributed by atoms with Crippen LogP contribution in [0.3, 0.4) is 0 Å². The second kappa shape index (κ2) is 12.8. The largest absolute Gasteiger partial charge is 0.494 e. The lowest BCUT2D eigenvalue weighted by atomic mass is 9.78. The molecule has 53 heavy (non-hydrogen) atoms. The van der Waals surface area contributed by atoms with E-state index in [4.69, 9.17) is 0 Å². The van der Waals surface area contributed by atoms with Crippen LogP contribution in [0.2, 0.25) is 0 Å². The van der Waals surface area contributed by atoms with Crippen molar-refractivity contribution in [1.82, 2.24) is 9.97 Å². The van der Waals surface area contributed by atoms with E-state index in [-0.39, 0.29) is 16.4 Å². The molecule has 4 aromatic carbocycles. The smallest absolute Gasteiger partial charge is 0.328 e. The fourth-order valence-corrected chi connectivity index (χ4v) is 9.40. The topological polar surface area (TPSA) is 92.2 Å². The highest BCUT2D eigenvalue weighted by Gasteiger charge is 2.45. The lowest BCUT2D eigenvalue weighted by molar-refractivity contribution is -0.433. The third kappa shape index (κ3) is 5.35. The van der Waals surface area contributed by atoms with Crippen molar-refractivity contribution in [3.8, 4) is 5.88 Å². The van der Waals surface area contributed by atoms with Crippen LogP contribution in [0.4, 0.5) is 11.4 Å². The molecule has 3 aliphatic rings. The molecule has 1 aromatic heterocycles. The molecule has 268 valence electrons. The Labute approximate surface area is 310 Å². The van der Waals surface area contributed by atoms with Crippen LogP contribution in [-0.2, 0) is 10.8 Å². The molecular weight excluding hydrogens is 657 g/mol. The van der Waals surface area contributed by atoms with E-state index in [0.717, 1.165) is 43.5 Å². The summed E-state index contributed by atoms with van der Waals surface area (Å²) >= 11 is 0. The molecule has 0 spiro atoms. The van der Waals surface area contributed by atoms with Crippen LogP contribution in [0.1, 0.15) is 77.5 Å². The van der Waals surface area contributed by atoms with E-state index in [1.54, 1.807) is 0 Å². The second-order valence-electron chi connectivity index (χ2n) is 15.4. The molecule has 0 radical (unpaired) electrons. The zero-order valence-electron chi connectivity index (χ0n) is 31.4. The normalized spacial score (nSPS) is 19.4. The first-order valence-electron chi connectivity index (χ1n) is 18.8. The number of aromatic amines is 2. The molecule has 5 aromatic rings. The molecule has 7 nitrogen and oxygen atoms in total. The molecule has 3 heterocycles. The van der Waals surface area contributed by atoms with E-state index in [9.17, 15) is 14.7 Å². The average Bonchev–Trinajstić information content (AvgIpc) is 3.51. The Morgan fingerprint density at radius 1 is 0.792 bits per heavy atom. The van der Waals surface area contributed by atoms with Crippen LogP contribution in [0.5, 0.6) is 5.88 Å². The van der Waals surface area contributed by atoms with Gasteiger partial charge in [-0.15, -0.1) is 0 Å². The lowest BCUT2D eigenvalue weighted by Gasteiger charge is -2.27. The van der Waals surface area contributed by atoms with Crippen molar-refractivity contribution < 1.29 is 9.68 Å². The first kappa shape index (κ1) is 34.4. The summed E-state index contributed by atoms with van der Waals surface area (Å²) in [6, 6.07) is 26.0. The first-order valence-corrected chi connectivity index (χ1v) is 18.8. The molecule has 3 N–H and O–H groups in total.